The zero-order valence-electron chi connectivity index (χ0n) is 12.1. The number of hydrogen-bond acceptors (Lipinski definition) is 5. The number of H-pyrrole nitrogens is 1. The number of aromatic nitrogens is 3. The molecule has 0 saturated heterocycles. The number of rotatable bonds is 5. The number of methoxy groups -OCH3 is 1. The van der Waals surface area contributed by atoms with Crippen LogP contribution in [0.5, 0.6) is 5.75 Å². The second-order valence-corrected chi connectivity index (χ2v) is 5.64. The smallest absolute Gasteiger partial charge is 0.344 e. The molecule has 0 aliphatic heterocycles. The number of aromatic amines is 1. The van der Waals surface area contributed by atoms with Gasteiger partial charge in [0.05, 0.1) is 18.7 Å². The number of nitrogens with one attached hydrogen (secondary N) is 1. The van der Waals surface area contributed by atoms with Crippen LogP contribution in [-0.2, 0) is 5.75 Å². The van der Waals surface area contributed by atoms with Crippen LogP contribution in [-0.4, -0.2) is 21.9 Å². The zero-order valence-corrected chi connectivity index (χ0v) is 12.9. The Bertz CT molecular complexity index is 727. The van der Waals surface area contributed by atoms with Crippen LogP contribution in [0.1, 0.15) is 31.0 Å². The van der Waals surface area contributed by atoms with Crippen molar-refractivity contribution in [3.63, 3.8) is 0 Å². The first-order valence-corrected chi connectivity index (χ1v) is 7.42. The Balaban J connectivity index is 2.24. The molecule has 6 nitrogen and oxygen atoms in total. The van der Waals surface area contributed by atoms with Crippen LogP contribution in [0.2, 0.25) is 0 Å². The van der Waals surface area contributed by atoms with E-state index in [-0.39, 0.29) is 11.7 Å². The monoisotopic (exact) mass is 304 g/mol. The van der Waals surface area contributed by atoms with E-state index in [9.17, 15) is 4.79 Å². The maximum Gasteiger partial charge on any atom is 0.344 e. The van der Waals surface area contributed by atoms with E-state index in [1.54, 1.807) is 29.9 Å². The SMILES string of the molecule is COc1ccc(C#N)cc1CSc1n[nH]c(=O)n1C(C)C. The Kier molecular flexibility index (Phi) is 4.70. The molecule has 0 atom stereocenters. The molecule has 0 fully saturated rings. The molecule has 1 aromatic carbocycles. The van der Waals surface area contributed by atoms with Gasteiger partial charge in [-0.25, -0.2) is 9.89 Å². The molecule has 0 amide bonds. The second kappa shape index (κ2) is 6.50. The summed E-state index contributed by atoms with van der Waals surface area (Å²) in [4.78, 5) is 11.7. The highest BCUT2D eigenvalue weighted by atomic mass is 32.2. The molecule has 110 valence electrons. The molecular weight excluding hydrogens is 288 g/mol. The predicted molar refractivity (Wildman–Crippen MR) is 80.5 cm³/mol. The number of ether oxygens (including phenoxy) is 1. The predicted octanol–water partition coefficient (Wildman–Crippen LogP) is 2.32. The maximum absolute atomic E-state index is 11.7. The Hall–Kier alpha value is -2.20. The van der Waals surface area contributed by atoms with Crippen molar-refractivity contribution in [1.82, 2.24) is 14.8 Å². The summed E-state index contributed by atoms with van der Waals surface area (Å²) in [5.41, 5.74) is 1.26. The first-order valence-electron chi connectivity index (χ1n) is 6.43. The van der Waals surface area contributed by atoms with Gasteiger partial charge in [-0.15, -0.1) is 5.10 Å². The topological polar surface area (TPSA) is 83.7 Å². The summed E-state index contributed by atoms with van der Waals surface area (Å²) in [5, 5.41) is 16.1. The zero-order chi connectivity index (χ0) is 15.4. The standard InChI is InChI=1S/C14H16N4O2S/c1-9(2)18-13(19)16-17-14(18)21-8-11-6-10(7-15)4-5-12(11)20-3/h4-6,9H,8H2,1-3H3,(H,16,19). The van der Waals surface area contributed by atoms with Gasteiger partial charge in [0.1, 0.15) is 5.75 Å². The van der Waals surface area contributed by atoms with Crippen molar-refractivity contribution < 1.29 is 4.74 Å². The van der Waals surface area contributed by atoms with Gasteiger partial charge in [-0.2, -0.15) is 5.26 Å². The summed E-state index contributed by atoms with van der Waals surface area (Å²) in [6.07, 6.45) is 0. The lowest BCUT2D eigenvalue weighted by atomic mass is 10.1. The van der Waals surface area contributed by atoms with Crippen molar-refractivity contribution >= 4 is 11.8 Å². The van der Waals surface area contributed by atoms with Gasteiger partial charge in [-0.05, 0) is 32.0 Å². The Morgan fingerprint density at radius 1 is 1.52 bits per heavy atom. The van der Waals surface area contributed by atoms with E-state index >= 15 is 0 Å². The van der Waals surface area contributed by atoms with Crippen molar-refractivity contribution in [3.8, 4) is 11.8 Å². The van der Waals surface area contributed by atoms with Crippen LogP contribution in [0.25, 0.3) is 0 Å². The molecular formula is C14H16N4O2S. The normalized spacial score (nSPS) is 10.6. The minimum Gasteiger partial charge on any atom is -0.496 e. The lowest BCUT2D eigenvalue weighted by Gasteiger charge is -2.10. The lowest BCUT2D eigenvalue weighted by molar-refractivity contribution is 0.411. The Morgan fingerprint density at radius 3 is 2.90 bits per heavy atom. The van der Waals surface area contributed by atoms with E-state index in [0.29, 0.717) is 16.5 Å². The largest absolute Gasteiger partial charge is 0.496 e. The van der Waals surface area contributed by atoms with Crippen molar-refractivity contribution in [1.29, 1.82) is 5.26 Å². The molecule has 0 radical (unpaired) electrons. The highest BCUT2D eigenvalue weighted by Crippen LogP contribution is 2.28. The molecule has 0 aliphatic rings. The summed E-state index contributed by atoms with van der Waals surface area (Å²) in [6.45, 7) is 3.86. The Morgan fingerprint density at radius 2 is 2.29 bits per heavy atom. The molecule has 2 rings (SSSR count). The van der Waals surface area contributed by atoms with Crippen LogP contribution in [0, 0.1) is 11.3 Å². The molecule has 1 aromatic heterocycles. The fourth-order valence-corrected chi connectivity index (χ4v) is 3.00. The number of nitriles is 1. The summed E-state index contributed by atoms with van der Waals surface area (Å²) in [6, 6.07) is 7.42. The minimum atomic E-state index is -0.217. The van der Waals surface area contributed by atoms with Gasteiger partial charge in [0.2, 0.25) is 0 Å². The van der Waals surface area contributed by atoms with Crippen molar-refractivity contribution in [2.24, 2.45) is 0 Å². The molecule has 0 aliphatic carbocycles. The third-order valence-corrected chi connectivity index (χ3v) is 3.96. The van der Waals surface area contributed by atoms with Crippen LogP contribution >= 0.6 is 11.8 Å². The number of benzene rings is 1. The average Bonchev–Trinajstić information content (AvgIpc) is 2.85. The van der Waals surface area contributed by atoms with E-state index in [1.165, 1.54) is 11.8 Å². The Labute approximate surface area is 126 Å². The van der Waals surface area contributed by atoms with Gasteiger partial charge in [0.15, 0.2) is 5.16 Å². The number of nitrogens with zero attached hydrogens (tertiary/aromatic N) is 3. The lowest BCUT2D eigenvalue weighted by Crippen LogP contribution is -2.19. The van der Waals surface area contributed by atoms with E-state index in [4.69, 9.17) is 10.00 Å². The fourth-order valence-electron chi connectivity index (χ4n) is 1.95. The minimum absolute atomic E-state index is 0.0334. The summed E-state index contributed by atoms with van der Waals surface area (Å²) in [7, 11) is 1.59. The highest BCUT2D eigenvalue weighted by Gasteiger charge is 2.13. The highest BCUT2D eigenvalue weighted by molar-refractivity contribution is 7.98. The van der Waals surface area contributed by atoms with E-state index in [0.717, 1.165) is 11.3 Å². The van der Waals surface area contributed by atoms with Crippen LogP contribution in [0.4, 0.5) is 0 Å². The average molecular weight is 304 g/mol. The summed E-state index contributed by atoms with van der Waals surface area (Å²) < 4.78 is 6.90. The van der Waals surface area contributed by atoms with Crippen LogP contribution in [0.15, 0.2) is 28.2 Å². The van der Waals surface area contributed by atoms with Crippen molar-refractivity contribution in [3.05, 3.63) is 39.8 Å². The van der Waals surface area contributed by atoms with Gasteiger partial charge in [-0.3, -0.25) is 4.57 Å². The first-order chi connectivity index (χ1) is 10.1. The molecule has 0 spiro atoms. The van der Waals surface area contributed by atoms with E-state index in [1.807, 2.05) is 13.8 Å². The molecule has 1 N–H and O–H groups in total. The molecule has 1 heterocycles. The van der Waals surface area contributed by atoms with Gasteiger partial charge in [0.25, 0.3) is 0 Å². The van der Waals surface area contributed by atoms with Gasteiger partial charge in [-0.1, -0.05) is 11.8 Å². The second-order valence-electron chi connectivity index (χ2n) is 4.70. The third kappa shape index (κ3) is 3.28. The molecule has 21 heavy (non-hydrogen) atoms. The van der Waals surface area contributed by atoms with Crippen molar-refractivity contribution in [2.75, 3.05) is 7.11 Å². The number of thioether (sulfide) groups is 1. The van der Waals surface area contributed by atoms with Gasteiger partial charge >= 0.3 is 5.69 Å². The van der Waals surface area contributed by atoms with Gasteiger partial charge in [0, 0.05) is 17.4 Å². The quantitative estimate of drug-likeness (QED) is 0.857. The van der Waals surface area contributed by atoms with Gasteiger partial charge < -0.3 is 4.74 Å². The molecule has 7 heteroatoms. The molecule has 2 aromatic rings. The third-order valence-electron chi connectivity index (χ3n) is 2.95. The molecule has 0 saturated carbocycles. The van der Waals surface area contributed by atoms with E-state index < -0.39 is 0 Å². The maximum atomic E-state index is 11.7. The summed E-state index contributed by atoms with van der Waals surface area (Å²) in [5.74, 6) is 1.28. The fraction of sp³-hybridized carbons (Fsp3) is 0.357. The van der Waals surface area contributed by atoms with Crippen molar-refractivity contribution in [2.45, 2.75) is 30.8 Å². The van der Waals surface area contributed by atoms with Crippen LogP contribution in [0.3, 0.4) is 0 Å². The number of hydrogen-bond donors (Lipinski definition) is 1. The van der Waals surface area contributed by atoms with E-state index in [2.05, 4.69) is 16.3 Å². The van der Waals surface area contributed by atoms with Crippen LogP contribution < -0.4 is 10.4 Å². The molecule has 0 unspecified atom stereocenters. The first kappa shape index (κ1) is 15.2. The summed E-state index contributed by atoms with van der Waals surface area (Å²) >= 11 is 1.43. The molecule has 0 bridgehead atoms.